The summed E-state index contributed by atoms with van der Waals surface area (Å²) in [6.07, 6.45) is 0.594. The number of benzene rings is 1. The number of fused-ring (bicyclic) bond motifs is 1. The van der Waals surface area contributed by atoms with Crippen molar-refractivity contribution < 1.29 is 33.8 Å². The molecular formula is C22H29N3O7. The molecule has 0 aromatic heterocycles. The smallest absolute Gasteiger partial charge is 0.326 e. The van der Waals surface area contributed by atoms with Crippen LogP contribution >= 0.6 is 0 Å². The van der Waals surface area contributed by atoms with E-state index in [9.17, 15) is 24.3 Å². The maximum atomic E-state index is 12.7. The van der Waals surface area contributed by atoms with Gasteiger partial charge in [0.25, 0.3) is 0 Å². The number of ether oxygens (including phenoxy) is 2. The summed E-state index contributed by atoms with van der Waals surface area (Å²) >= 11 is 0. The number of carbonyl (C=O) groups excluding carboxylic acids is 3. The lowest BCUT2D eigenvalue weighted by atomic mass is 9.99. The first-order valence-corrected chi connectivity index (χ1v) is 10.7. The summed E-state index contributed by atoms with van der Waals surface area (Å²) in [5.41, 5.74) is 0.609. The molecule has 0 spiro atoms. The summed E-state index contributed by atoms with van der Waals surface area (Å²) in [5.74, 6) is -2.08. The molecule has 1 aromatic carbocycles. The molecule has 2 aliphatic heterocycles. The zero-order valence-corrected chi connectivity index (χ0v) is 18.4. The number of rotatable bonds is 8. The number of anilines is 1. The summed E-state index contributed by atoms with van der Waals surface area (Å²) < 4.78 is 11.0. The standard InChI is InChI=1S/C22H29N3O7/c1-4-12(2)19(22(29)30)24-20(27)13(3)23-21(28)14-9-18(26)25(11-14)15-5-6-16-17(10-15)32-8-7-31-16/h5-6,10,12-14,19H,4,7-9,11H2,1-3H3,(H,23,28)(H,24,27)(H,29,30)/t12-,13-,14+,19-/m0/s1. The van der Waals surface area contributed by atoms with E-state index >= 15 is 0 Å². The lowest BCUT2D eigenvalue weighted by Gasteiger charge is -2.23. The van der Waals surface area contributed by atoms with Crippen molar-refractivity contribution in [1.82, 2.24) is 10.6 Å². The molecule has 0 unspecified atom stereocenters. The molecule has 1 saturated heterocycles. The fourth-order valence-corrected chi connectivity index (χ4v) is 3.69. The van der Waals surface area contributed by atoms with Crippen LogP contribution in [0.3, 0.4) is 0 Å². The molecule has 1 aromatic rings. The second kappa shape index (κ2) is 9.88. The molecule has 1 fully saturated rings. The zero-order chi connectivity index (χ0) is 23.4. The van der Waals surface area contributed by atoms with Gasteiger partial charge < -0.3 is 30.1 Å². The highest BCUT2D eigenvalue weighted by Crippen LogP contribution is 2.36. The third-order valence-corrected chi connectivity index (χ3v) is 5.86. The van der Waals surface area contributed by atoms with E-state index in [0.29, 0.717) is 36.8 Å². The van der Waals surface area contributed by atoms with E-state index in [2.05, 4.69) is 10.6 Å². The van der Waals surface area contributed by atoms with Crippen LogP contribution in [0, 0.1) is 11.8 Å². The molecule has 2 heterocycles. The highest BCUT2D eigenvalue weighted by Gasteiger charge is 2.37. The van der Waals surface area contributed by atoms with Crippen molar-refractivity contribution in [3.05, 3.63) is 18.2 Å². The van der Waals surface area contributed by atoms with E-state index in [1.54, 1.807) is 25.1 Å². The summed E-state index contributed by atoms with van der Waals surface area (Å²) in [5, 5.41) is 14.4. The van der Waals surface area contributed by atoms with E-state index < -0.39 is 35.8 Å². The average molecular weight is 447 g/mol. The zero-order valence-electron chi connectivity index (χ0n) is 18.4. The minimum absolute atomic E-state index is 0.0131. The number of nitrogens with one attached hydrogen (secondary N) is 2. The van der Waals surface area contributed by atoms with Gasteiger partial charge in [0.1, 0.15) is 25.3 Å². The Bertz CT molecular complexity index is 904. The quantitative estimate of drug-likeness (QED) is 0.540. The van der Waals surface area contributed by atoms with E-state index in [1.165, 1.54) is 11.8 Å². The van der Waals surface area contributed by atoms with Crippen molar-refractivity contribution in [3.8, 4) is 11.5 Å². The Morgan fingerprint density at radius 2 is 1.84 bits per heavy atom. The number of carboxylic acids is 1. The van der Waals surface area contributed by atoms with Crippen LogP contribution in [0.1, 0.15) is 33.6 Å². The van der Waals surface area contributed by atoms with Crippen molar-refractivity contribution in [1.29, 1.82) is 0 Å². The van der Waals surface area contributed by atoms with E-state index in [1.807, 2.05) is 6.92 Å². The van der Waals surface area contributed by atoms with Crippen molar-refractivity contribution in [3.63, 3.8) is 0 Å². The van der Waals surface area contributed by atoms with Crippen LogP contribution in [0.5, 0.6) is 11.5 Å². The number of hydrogen-bond acceptors (Lipinski definition) is 6. The van der Waals surface area contributed by atoms with Gasteiger partial charge in [0, 0.05) is 24.7 Å². The minimum Gasteiger partial charge on any atom is -0.486 e. The molecule has 10 nitrogen and oxygen atoms in total. The Morgan fingerprint density at radius 1 is 1.16 bits per heavy atom. The monoisotopic (exact) mass is 447 g/mol. The molecular weight excluding hydrogens is 418 g/mol. The highest BCUT2D eigenvalue weighted by atomic mass is 16.6. The molecule has 0 bridgehead atoms. The molecule has 10 heteroatoms. The number of carbonyl (C=O) groups is 4. The fraction of sp³-hybridized carbons (Fsp3) is 0.545. The van der Waals surface area contributed by atoms with Crippen LogP contribution in [0.4, 0.5) is 5.69 Å². The number of nitrogens with zero attached hydrogens (tertiary/aromatic N) is 1. The Balaban J connectivity index is 1.59. The third kappa shape index (κ3) is 5.12. The Labute approximate surface area is 186 Å². The first-order chi connectivity index (χ1) is 15.2. The molecule has 174 valence electrons. The number of hydrogen-bond donors (Lipinski definition) is 3. The summed E-state index contributed by atoms with van der Waals surface area (Å²) in [4.78, 5) is 50.6. The summed E-state index contributed by atoms with van der Waals surface area (Å²) in [7, 11) is 0. The van der Waals surface area contributed by atoms with Gasteiger partial charge in [0.15, 0.2) is 11.5 Å². The van der Waals surface area contributed by atoms with Crippen LogP contribution in [-0.4, -0.2) is 60.6 Å². The van der Waals surface area contributed by atoms with Gasteiger partial charge in [-0.3, -0.25) is 14.4 Å². The Kier molecular flexibility index (Phi) is 7.22. The minimum atomic E-state index is -1.12. The van der Waals surface area contributed by atoms with E-state index in [0.717, 1.165) is 0 Å². The lowest BCUT2D eigenvalue weighted by molar-refractivity contribution is -0.143. The van der Waals surface area contributed by atoms with Crippen molar-refractivity contribution in [2.24, 2.45) is 11.8 Å². The molecule has 3 rings (SSSR count). The van der Waals surface area contributed by atoms with Gasteiger partial charge in [0.2, 0.25) is 17.7 Å². The molecule has 2 aliphatic rings. The number of amides is 3. The van der Waals surface area contributed by atoms with Crippen LogP contribution in [-0.2, 0) is 19.2 Å². The molecule has 4 atom stereocenters. The van der Waals surface area contributed by atoms with Gasteiger partial charge in [-0.25, -0.2) is 4.79 Å². The SMILES string of the molecule is CC[C@H](C)[C@H](NC(=O)[C@H](C)NC(=O)[C@@H]1CC(=O)N(c2ccc3c(c2)OCCO3)C1)C(=O)O. The third-order valence-electron chi connectivity index (χ3n) is 5.86. The molecule has 3 amide bonds. The maximum Gasteiger partial charge on any atom is 0.326 e. The van der Waals surface area contributed by atoms with Crippen LogP contribution < -0.4 is 25.0 Å². The normalized spacial score (nSPS) is 20.3. The summed E-state index contributed by atoms with van der Waals surface area (Å²) in [6, 6.07) is 3.21. The maximum absolute atomic E-state index is 12.7. The summed E-state index contributed by atoms with van der Waals surface area (Å²) in [6.45, 7) is 6.12. The predicted octanol–water partition coefficient (Wildman–Crippen LogP) is 0.931. The predicted molar refractivity (Wildman–Crippen MR) is 115 cm³/mol. The molecule has 32 heavy (non-hydrogen) atoms. The first kappa shape index (κ1) is 23.4. The van der Waals surface area contributed by atoms with Gasteiger partial charge in [-0.05, 0) is 25.0 Å². The lowest BCUT2D eigenvalue weighted by Crippen LogP contribution is -2.53. The van der Waals surface area contributed by atoms with Gasteiger partial charge in [-0.2, -0.15) is 0 Å². The van der Waals surface area contributed by atoms with Crippen LogP contribution in [0.25, 0.3) is 0 Å². The Morgan fingerprint density at radius 3 is 2.50 bits per heavy atom. The average Bonchev–Trinajstić information content (AvgIpc) is 3.17. The van der Waals surface area contributed by atoms with Gasteiger partial charge in [-0.15, -0.1) is 0 Å². The largest absolute Gasteiger partial charge is 0.486 e. The first-order valence-electron chi connectivity index (χ1n) is 10.7. The van der Waals surface area contributed by atoms with Crippen LogP contribution in [0.15, 0.2) is 18.2 Å². The second-order valence-electron chi connectivity index (χ2n) is 8.17. The van der Waals surface area contributed by atoms with Crippen molar-refractivity contribution >= 4 is 29.4 Å². The van der Waals surface area contributed by atoms with E-state index in [-0.39, 0.29) is 24.8 Å². The van der Waals surface area contributed by atoms with Gasteiger partial charge >= 0.3 is 5.97 Å². The molecule has 0 radical (unpaired) electrons. The molecule has 0 saturated carbocycles. The Hall–Kier alpha value is -3.30. The second-order valence-corrected chi connectivity index (χ2v) is 8.17. The highest BCUT2D eigenvalue weighted by molar-refractivity contribution is 6.01. The molecule has 3 N–H and O–H groups in total. The number of carboxylic acid groups (broad SMARTS) is 1. The molecule has 0 aliphatic carbocycles. The van der Waals surface area contributed by atoms with Crippen molar-refractivity contribution in [2.75, 3.05) is 24.7 Å². The number of aliphatic carboxylic acids is 1. The van der Waals surface area contributed by atoms with Crippen LogP contribution in [0.2, 0.25) is 0 Å². The van der Waals surface area contributed by atoms with Gasteiger partial charge in [-0.1, -0.05) is 20.3 Å². The fourth-order valence-electron chi connectivity index (χ4n) is 3.69. The van der Waals surface area contributed by atoms with E-state index in [4.69, 9.17) is 9.47 Å². The van der Waals surface area contributed by atoms with Crippen molar-refractivity contribution in [2.45, 2.75) is 45.7 Å². The topological polar surface area (TPSA) is 134 Å². The van der Waals surface area contributed by atoms with Gasteiger partial charge in [0.05, 0.1) is 5.92 Å².